The quantitative estimate of drug-likeness (QED) is 0.354. The van der Waals surface area contributed by atoms with Crippen molar-refractivity contribution < 1.29 is 23.5 Å². The summed E-state index contributed by atoms with van der Waals surface area (Å²) in [6.45, 7) is 0. The van der Waals surface area contributed by atoms with Crippen LogP contribution in [0.2, 0.25) is 5.02 Å². The molecule has 1 atom stereocenters. The third kappa shape index (κ3) is 3.46. The molecule has 7 heteroatoms. The van der Waals surface area contributed by atoms with Crippen molar-refractivity contribution in [3.63, 3.8) is 0 Å². The summed E-state index contributed by atoms with van der Waals surface area (Å²) in [4.78, 5) is 26.9. The van der Waals surface area contributed by atoms with Crippen LogP contribution in [-0.2, 0) is 9.59 Å². The first-order valence-electron chi connectivity index (χ1n) is 8.95. The Balaban J connectivity index is 1.95. The highest BCUT2D eigenvalue weighted by Crippen LogP contribution is 2.42. The zero-order valence-electron chi connectivity index (χ0n) is 15.4. The fraction of sp³-hybridized carbons (Fsp3) is 0.0435. The Morgan fingerprint density at radius 3 is 2.20 bits per heavy atom. The molecule has 1 amide bonds. The third-order valence-electron chi connectivity index (χ3n) is 4.83. The molecule has 150 valence electrons. The lowest BCUT2D eigenvalue weighted by Gasteiger charge is -2.25. The predicted octanol–water partition coefficient (Wildman–Crippen LogP) is 5.24. The van der Waals surface area contributed by atoms with Gasteiger partial charge in [0.1, 0.15) is 17.4 Å². The van der Waals surface area contributed by atoms with E-state index in [4.69, 9.17) is 11.6 Å². The van der Waals surface area contributed by atoms with Crippen molar-refractivity contribution in [1.29, 1.82) is 0 Å². The molecule has 1 aliphatic rings. The zero-order valence-corrected chi connectivity index (χ0v) is 16.1. The Morgan fingerprint density at radius 1 is 0.900 bits per heavy atom. The standard InChI is InChI=1S/C23H14ClF2NO3/c24-15-6-4-13(5-7-15)21(28)19-20(14-2-1-3-17(26)12-14)27(23(30)22(19)29)18-10-8-16(25)9-11-18/h1-12,20,28H/b21-19+/t20-/m0/s1. The van der Waals surface area contributed by atoms with E-state index >= 15 is 0 Å². The molecule has 4 rings (SSSR count). The van der Waals surface area contributed by atoms with Gasteiger partial charge in [-0.05, 0) is 66.2 Å². The highest BCUT2D eigenvalue weighted by atomic mass is 35.5. The highest BCUT2D eigenvalue weighted by molar-refractivity contribution is 6.51. The van der Waals surface area contributed by atoms with Crippen molar-refractivity contribution in [3.05, 3.63) is 106 Å². The molecule has 0 saturated carbocycles. The second kappa shape index (κ2) is 7.72. The number of aliphatic hydroxyl groups excluding tert-OH is 1. The molecule has 3 aromatic rings. The van der Waals surface area contributed by atoms with E-state index in [0.717, 1.165) is 17.0 Å². The van der Waals surface area contributed by atoms with Gasteiger partial charge in [-0.1, -0.05) is 23.7 Å². The van der Waals surface area contributed by atoms with Gasteiger partial charge in [-0.3, -0.25) is 14.5 Å². The maximum Gasteiger partial charge on any atom is 0.300 e. The van der Waals surface area contributed by atoms with Gasteiger partial charge in [0.05, 0.1) is 11.6 Å². The van der Waals surface area contributed by atoms with Crippen LogP contribution in [0.4, 0.5) is 14.5 Å². The van der Waals surface area contributed by atoms with E-state index in [1.165, 1.54) is 54.6 Å². The van der Waals surface area contributed by atoms with Crippen molar-refractivity contribution in [2.45, 2.75) is 6.04 Å². The summed E-state index contributed by atoms with van der Waals surface area (Å²) >= 11 is 5.89. The second-order valence-electron chi connectivity index (χ2n) is 6.71. The van der Waals surface area contributed by atoms with E-state index in [9.17, 15) is 23.5 Å². The average Bonchev–Trinajstić information content (AvgIpc) is 3.00. The van der Waals surface area contributed by atoms with Gasteiger partial charge >= 0.3 is 0 Å². The number of carbonyl (C=O) groups excluding carboxylic acids is 2. The molecule has 1 aliphatic heterocycles. The number of carbonyl (C=O) groups is 2. The van der Waals surface area contributed by atoms with E-state index in [1.54, 1.807) is 6.07 Å². The number of benzene rings is 3. The first-order chi connectivity index (χ1) is 14.4. The first-order valence-corrected chi connectivity index (χ1v) is 9.32. The molecule has 0 unspecified atom stereocenters. The average molecular weight is 426 g/mol. The van der Waals surface area contributed by atoms with Crippen LogP contribution in [0.25, 0.3) is 5.76 Å². The Hall–Kier alpha value is -3.51. The minimum Gasteiger partial charge on any atom is -0.507 e. The van der Waals surface area contributed by atoms with Gasteiger partial charge in [0, 0.05) is 16.3 Å². The molecule has 1 heterocycles. The van der Waals surface area contributed by atoms with Gasteiger partial charge in [-0.15, -0.1) is 0 Å². The van der Waals surface area contributed by atoms with Crippen molar-refractivity contribution in [3.8, 4) is 0 Å². The molecule has 3 aromatic carbocycles. The van der Waals surface area contributed by atoms with Gasteiger partial charge in [0.25, 0.3) is 11.7 Å². The molecule has 0 aromatic heterocycles. The Bertz CT molecular complexity index is 1170. The first kappa shape index (κ1) is 19.8. The molecule has 1 fully saturated rings. The number of Topliss-reactive ketones (excluding diaryl/α,β-unsaturated/α-hetero) is 1. The van der Waals surface area contributed by atoms with Crippen LogP contribution in [0.15, 0.2) is 78.4 Å². The zero-order chi connectivity index (χ0) is 21.4. The van der Waals surface area contributed by atoms with Crippen molar-refractivity contribution in [1.82, 2.24) is 0 Å². The number of ketones is 1. The summed E-state index contributed by atoms with van der Waals surface area (Å²) in [5, 5.41) is 11.3. The molecule has 1 N–H and O–H groups in total. The topological polar surface area (TPSA) is 57.6 Å². The third-order valence-corrected chi connectivity index (χ3v) is 5.08. The van der Waals surface area contributed by atoms with E-state index in [2.05, 4.69) is 0 Å². The summed E-state index contributed by atoms with van der Waals surface area (Å²) in [5.41, 5.74) is 0.604. The number of rotatable bonds is 3. The minimum atomic E-state index is -1.10. The van der Waals surface area contributed by atoms with Crippen LogP contribution in [0.3, 0.4) is 0 Å². The molecule has 1 saturated heterocycles. The number of anilines is 1. The monoisotopic (exact) mass is 425 g/mol. The lowest BCUT2D eigenvalue weighted by atomic mass is 9.95. The second-order valence-corrected chi connectivity index (χ2v) is 7.14. The van der Waals surface area contributed by atoms with Crippen LogP contribution in [0.5, 0.6) is 0 Å². The molecule has 0 spiro atoms. The molecular weight excluding hydrogens is 412 g/mol. The Kier molecular flexibility index (Phi) is 5.10. The summed E-state index contributed by atoms with van der Waals surface area (Å²) in [7, 11) is 0. The molecule has 30 heavy (non-hydrogen) atoms. The normalized spacial score (nSPS) is 18.1. The Labute approximate surface area is 175 Å². The lowest BCUT2D eigenvalue weighted by molar-refractivity contribution is -0.132. The number of nitrogens with zero attached hydrogens (tertiary/aromatic N) is 1. The number of hydrogen-bond donors (Lipinski definition) is 1. The maximum atomic E-state index is 14.0. The number of halogens is 3. The Morgan fingerprint density at radius 2 is 1.57 bits per heavy atom. The summed E-state index contributed by atoms with van der Waals surface area (Å²) in [6, 6.07) is 15.4. The minimum absolute atomic E-state index is 0.197. The number of aliphatic hydroxyl groups is 1. The fourth-order valence-electron chi connectivity index (χ4n) is 3.46. The van der Waals surface area contributed by atoms with Crippen LogP contribution in [-0.4, -0.2) is 16.8 Å². The van der Waals surface area contributed by atoms with Gasteiger partial charge in [-0.2, -0.15) is 0 Å². The molecule has 0 radical (unpaired) electrons. The van der Waals surface area contributed by atoms with E-state index < -0.39 is 35.1 Å². The number of hydrogen-bond acceptors (Lipinski definition) is 3. The van der Waals surface area contributed by atoms with Crippen LogP contribution >= 0.6 is 11.6 Å². The van der Waals surface area contributed by atoms with Crippen LogP contribution in [0, 0.1) is 11.6 Å². The van der Waals surface area contributed by atoms with E-state index in [0.29, 0.717) is 5.02 Å². The van der Waals surface area contributed by atoms with Gasteiger partial charge in [0.2, 0.25) is 0 Å². The lowest BCUT2D eigenvalue weighted by Crippen LogP contribution is -2.29. The summed E-state index contributed by atoms with van der Waals surface area (Å²) in [6.07, 6.45) is 0. The van der Waals surface area contributed by atoms with Crippen molar-refractivity contribution >= 4 is 34.7 Å². The van der Waals surface area contributed by atoms with Gasteiger partial charge in [-0.25, -0.2) is 8.78 Å². The number of amides is 1. The highest BCUT2D eigenvalue weighted by Gasteiger charge is 2.47. The van der Waals surface area contributed by atoms with Crippen molar-refractivity contribution in [2.24, 2.45) is 0 Å². The van der Waals surface area contributed by atoms with Gasteiger partial charge in [0.15, 0.2) is 0 Å². The van der Waals surface area contributed by atoms with Crippen LogP contribution in [0.1, 0.15) is 17.2 Å². The molecule has 4 nitrogen and oxygen atoms in total. The smallest absolute Gasteiger partial charge is 0.300 e. The van der Waals surface area contributed by atoms with Crippen molar-refractivity contribution in [2.75, 3.05) is 4.90 Å². The fourth-order valence-corrected chi connectivity index (χ4v) is 3.58. The largest absolute Gasteiger partial charge is 0.507 e. The molecular formula is C23H14ClF2NO3. The maximum absolute atomic E-state index is 14.0. The molecule has 0 aliphatic carbocycles. The van der Waals surface area contributed by atoms with Gasteiger partial charge < -0.3 is 5.11 Å². The summed E-state index contributed by atoms with van der Waals surface area (Å²) < 4.78 is 27.4. The molecule has 0 bridgehead atoms. The van der Waals surface area contributed by atoms with E-state index in [-0.39, 0.29) is 22.4 Å². The van der Waals surface area contributed by atoms with E-state index in [1.807, 2.05) is 0 Å². The SMILES string of the molecule is O=C1C(=O)N(c2ccc(F)cc2)[C@@H](c2cccc(F)c2)/C1=C(\O)c1ccc(Cl)cc1. The predicted molar refractivity (Wildman–Crippen MR) is 109 cm³/mol. The van der Waals surface area contributed by atoms with Crippen LogP contribution < -0.4 is 4.90 Å². The summed E-state index contributed by atoms with van der Waals surface area (Å²) in [5.74, 6) is -3.33.